The monoisotopic (exact) mass is 310 g/mol. The van der Waals surface area contributed by atoms with Gasteiger partial charge >= 0.3 is 6.03 Å². The van der Waals surface area contributed by atoms with E-state index in [1.54, 1.807) is 0 Å². The molecule has 23 heavy (non-hydrogen) atoms. The lowest BCUT2D eigenvalue weighted by atomic mass is 10.0. The molecule has 0 saturated carbocycles. The molecule has 0 bridgehead atoms. The van der Waals surface area contributed by atoms with E-state index in [0.717, 1.165) is 24.9 Å². The van der Waals surface area contributed by atoms with Crippen molar-refractivity contribution in [2.24, 2.45) is 0 Å². The maximum absolute atomic E-state index is 11.8. The van der Waals surface area contributed by atoms with Gasteiger partial charge in [-0.15, -0.1) is 0 Å². The number of amides is 2. The van der Waals surface area contributed by atoms with Gasteiger partial charge in [0.1, 0.15) is 0 Å². The second-order valence-corrected chi connectivity index (χ2v) is 6.10. The van der Waals surface area contributed by atoms with Gasteiger partial charge in [-0.25, -0.2) is 4.79 Å². The Bertz CT molecular complexity index is 591. The molecule has 0 atom stereocenters. The Hall–Kier alpha value is -2.29. The predicted molar refractivity (Wildman–Crippen MR) is 96.9 cm³/mol. The molecular formula is C20H26N2O. The highest BCUT2D eigenvalue weighted by molar-refractivity contribution is 5.89. The summed E-state index contributed by atoms with van der Waals surface area (Å²) >= 11 is 0. The SMILES string of the molecule is CC(C)c1ccc(NC(=O)NCCCCc2ccccc2)cc1. The molecule has 0 heterocycles. The van der Waals surface area contributed by atoms with Gasteiger partial charge in [0.15, 0.2) is 0 Å². The lowest BCUT2D eigenvalue weighted by Crippen LogP contribution is -2.29. The van der Waals surface area contributed by atoms with Crippen molar-refractivity contribution in [2.75, 3.05) is 11.9 Å². The Kier molecular flexibility index (Phi) is 6.67. The van der Waals surface area contributed by atoms with Gasteiger partial charge < -0.3 is 10.6 Å². The lowest BCUT2D eigenvalue weighted by molar-refractivity contribution is 0.252. The first-order valence-electron chi connectivity index (χ1n) is 8.34. The molecule has 0 aliphatic rings. The molecule has 0 spiro atoms. The summed E-state index contributed by atoms with van der Waals surface area (Å²) in [5.41, 5.74) is 3.45. The first kappa shape index (κ1) is 17.1. The van der Waals surface area contributed by atoms with Crippen LogP contribution in [-0.2, 0) is 6.42 Å². The molecule has 0 fully saturated rings. The first-order valence-corrected chi connectivity index (χ1v) is 8.34. The van der Waals surface area contributed by atoms with E-state index in [1.165, 1.54) is 11.1 Å². The molecule has 122 valence electrons. The minimum Gasteiger partial charge on any atom is -0.338 e. The van der Waals surface area contributed by atoms with Crippen molar-refractivity contribution in [1.29, 1.82) is 0 Å². The van der Waals surface area contributed by atoms with Crippen LogP contribution < -0.4 is 10.6 Å². The molecule has 3 nitrogen and oxygen atoms in total. The molecule has 2 amide bonds. The van der Waals surface area contributed by atoms with Crippen LogP contribution in [0.25, 0.3) is 0 Å². The molecule has 3 heteroatoms. The molecule has 2 aromatic carbocycles. The molecule has 0 aliphatic carbocycles. The Morgan fingerprint density at radius 1 is 0.957 bits per heavy atom. The van der Waals surface area contributed by atoms with Crippen LogP contribution in [0.1, 0.15) is 43.7 Å². The second kappa shape index (κ2) is 8.99. The van der Waals surface area contributed by atoms with Crippen molar-refractivity contribution in [2.45, 2.75) is 39.0 Å². The average molecular weight is 310 g/mol. The summed E-state index contributed by atoms with van der Waals surface area (Å²) < 4.78 is 0. The van der Waals surface area contributed by atoms with Crippen LogP contribution in [-0.4, -0.2) is 12.6 Å². The summed E-state index contributed by atoms with van der Waals surface area (Å²) in [6.45, 7) is 5.01. The molecule has 2 rings (SSSR count). The zero-order valence-electron chi connectivity index (χ0n) is 14.0. The zero-order chi connectivity index (χ0) is 16.5. The minimum atomic E-state index is -0.137. The highest BCUT2D eigenvalue weighted by atomic mass is 16.2. The lowest BCUT2D eigenvalue weighted by Gasteiger charge is -2.09. The van der Waals surface area contributed by atoms with Crippen LogP contribution in [0, 0.1) is 0 Å². The Labute approximate surface area is 139 Å². The number of hydrogen-bond donors (Lipinski definition) is 2. The molecule has 0 aromatic heterocycles. The molecule has 0 saturated heterocycles. The van der Waals surface area contributed by atoms with E-state index in [-0.39, 0.29) is 6.03 Å². The number of nitrogens with one attached hydrogen (secondary N) is 2. The minimum absolute atomic E-state index is 0.137. The summed E-state index contributed by atoms with van der Waals surface area (Å²) in [6.07, 6.45) is 3.11. The van der Waals surface area contributed by atoms with Gasteiger partial charge in [-0.1, -0.05) is 56.3 Å². The van der Waals surface area contributed by atoms with Crippen molar-refractivity contribution < 1.29 is 4.79 Å². The van der Waals surface area contributed by atoms with Crippen LogP contribution in [0.15, 0.2) is 54.6 Å². The van der Waals surface area contributed by atoms with Crippen LogP contribution in [0.3, 0.4) is 0 Å². The molecular weight excluding hydrogens is 284 g/mol. The third-order valence-corrected chi connectivity index (χ3v) is 3.86. The average Bonchev–Trinajstić information content (AvgIpc) is 2.56. The van der Waals surface area contributed by atoms with E-state index in [1.807, 2.05) is 18.2 Å². The van der Waals surface area contributed by atoms with Gasteiger partial charge in [-0.3, -0.25) is 0 Å². The fourth-order valence-corrected chi connectivity index (χ4v) is 2.43. The van der Waals surface area contributed by atoms with E-state index >= 15 is 0 Å². The zero-order valence-corrected chi connectivity index (χ0v) is 14.0. The maximum Gasteiger partial charge on any atom is 0.319 e. The number of carbonyl (C=O) groups excluding carboxylic acids is 1. The third-order valence-electron chi connectivity index (χ3n) is 3.86. The Morgan fingerprint density at radius 2 is 1.65 bits per heavy atom. The van der Waals surface area contributed by atoms with Gasteiger partial charge in [0.25, 0.3) is 0 Å². The molecule has 2 N–H and O–H groups in total. The summed E-state index contributed by atoms with van der Waals surface area (Å²) in [5, 5.41) is 5.77. The molecule has 0 aliphatic heterocycles. The fourth-order valence-electron chi connectivity index (χ4n) is 2.43. The quantitative estimate of drug-likeness (QED) is 0.698. The number of anilines is 1. The predicted octanol–water partition coefficient (Wildman–Crippen LogP) is 4.95. The second-order valence-electron chi connectivity index (χ2n) is 6.10. The third kappa shape index (κ3) is 6.15. The normalized spacial score (nSPS) is 10.6. The van der Waals surface area contributed by atoms with Crippen molar-refractivity contribution in [3.8, 4) is 0 Å². The number of unbranched alkanes of at least 4 members (excludes halogenated alkanes) is 1. The smallest absolute Gasteiger partial charge is 0.319 e. The van der Waals surface area contributed by atoms with E-state index in [0.29, 0.717) is 12.5 Å². The number of benzene rings is 2. The largest absolute Gasteiger partial charge is 0.338 e. The Balaban J connectivity index is 1.63. The van der Waals surface area contributed by atoms with Gasteiger partial charge in [-0.2, -0.15) is 0 Å². The van der Waals surface area contributed by atoms with E-state index in [9.17, 15) is 4.79 Å². The molecule has 0 radical (unpaired) electrons. The van der Waals surface area contributed by atoms with E-state index < -0.39 is 0 Å². The summed E-state index contributed by atoms with van der Waals surface area (Å²) in [4.78, 5) is 11.8. The highest BCUT2D eigenvalue weighted by Gasteiger charge is 2.02. The van der Waals surface area contributed by atoms with Gasteiger partial charge in [0, 0.05) is 12.2 Å². The highest BCUT2D eigenvalue weighted by Crippen LogP contribution is 2.16. The number of hydrogen-bond acceptors (Lipinski definition) is 1. The number of urea groups is 1. The number of carbonyl (C=O) groups is 1. The Morgan fingerprint density at radius 3 is 2.30 bits per heavy atom. The fraction of sp³-hybridized carbons (Fsp3) is 0.350. The van der Waals surface area contributed by atoms with Crippen LogP contribution in [0.4, 0.5) is 10.5 Å². The van der Waals surface area contributed by atoms with Crippen LogP contribution >= 0.6 is 0 Å². The van der Waals surface area contributed by atoms with Crippen molar-refractivity contribution in [1.82, 2.24) is 5.32 Å². The van der Waals surface area contributed by atoms with Crippen molar-refractivity contribution in [3.63, 3.8) is 0 Å². The summed E-state index contributed by atoms with van der Waals surface area (Å²) in [6, 6.07) is 18.3. The van der Waals surface area contributed by atoms with Crippen LogP contribution in [0.5, 0.6) is 0 Å². The van der Waals surface area contributed by atoms with Crippen molar-refractivity contribution in [3.05, 3.63) is 65.7 Å². The van der Waals surface area contributed by atoms with E-state index in [2.05, 4.69) is 60.9 Å². The van der Waals surface area contributed by atoms with Gasteiger partial charge in [-0.05, 0) is 48.4 Å². The van der Waals surface area contributed by atoms with Gasteiger partial charge in [0.2, 0.25) is 0 Å². The molecule has 2 aromatic rings. The van der Waals surface area contributed by atoms with Crippen molar-refractivity contribution >= 4 is 11.7 Å². The van der Waals surface area contributed by atoms with E-state index in [4.69, 9.17) is 0 Å². The number of rotatable bonds is 7. The first-order chi connectivity index (χ1) is 11.1. The topological polar surface area (TPSA) is 41.1 Å². The summed E-state index contributed by atoms with van der Waals surface area (Å²) in [7, 11) is 0. The number of aryl methyl sites for hydroxylation is 1. The van der Waals surface area contributed by atoms with Gasteiger partial charge in [0.05, 0.1) is 0 Å². The molecule has 0 unspecified atom stereocenters. The summed E-state index contributed by atoms with van der Waals surface area (Å²) in [5.74, 6) is 0.502. The standard InChI is InChI=1S/C20H26N2O/c1-16(2)18-11-13-19(14-12-18)22-20(23)21-15-7-6-10-17-8-4-3-5-9-17/h3-5,8-9,11-14,16H,6-7,10,15H2,1-2H3,(H2,21,22,23). The maximum atomic E-state index is 11.8. The van der Waals surface area contributed by atoms with Crippen LogP contribution in [0.2, 0.25) is 0 Å².